The van der Waals surface area contributed by atoms with Crippen molar-refractivity contribution in [3.8, 4) is 11.1 Å². The molecule has 0 radical (unpaired) electrons. The maximum Gasteiger partial charge on any atom is 0.272 e. The number of nitrogens with zero attached hydrogens (tertiary/aromatic N) is 4. The Balaban J connectivity index is 1.40. The molecular weight excluding hydrogens is 381 g/mol. The lowest BCUT2D eigenvalue weighted by molar-refractivity contribution is 0.101. The van der Waals surface area contributed by atoms with Gasteiger partial charge in [0, 0.05) is 55.0 Å². The molecule has 30 heavy (non-hydrogen) atoms. The average Bonchev–Trinajstić information content (AvgIpc) is 3.23. The van der Waals surface area contributed by atoms with E-state index >= 15 is 0 Å². The Bertz CT molecular complexity index is 1050. The molecule has 1 aliphatic carbocycles. The number of halogens is 1. The van der Waals surface area contributed by atoms with Gasteiger partial charge in [-0.05, 0) is 55.9 Å². The van der Waals surface area contributed by atoms with E-state index in [1.807, 2.05) is 29.2 Å². The van der Waals surface area contributed by atoms with Crippen LogP contribution in [0.2, 0.25) is 0 Å². The van der Waals surface area contributed by atoms with Gasteiger partial charge in [0.05, 0.1) is 0 Å². The second-order valence-electron chi connectivity index (χ2n) is 8.14. The zero-order valence-electron chi connectivity index (χ0n) is 16.7. The molecule has 0 atom stereocenters. The fourth-order valence-electron chi connectivity index (χ4n) is 3.90. The number of nitrogens with one attached hydrogen (secondary N) is 1. The number of anilines is 2. The predicted molar refractivity (Wildman–Crippen MR) is 114 cm³/mol. The quantitative estimate of drug-likeness (QED) is 0.662. The summed E-state index contributed by atoms with van der Waals surface area (Å²) in [7, 11) is 0. The summed E-state index contributed by atoms with van der Waals surface area (Å²) in [6.45, 7) is 2.81. The van der Waals surface area contributed by atoms with Crippen LogP contribution in [-0.2, 0) is 6.54 Å². The van der Waals surface area contributed by atoms with E-state index in [-0.39, 0.29) is 11.7 Å². The summed E-state index contributed by atoms with van der Waals surface area (Å²) in [4.78, 5) is 24.2. The van der Waals surface area contributed by atoms with Crippen LogP contribution in [-0.4, -0.2) is 33.5 Å². The van der Waals surface area contributed by atoms with Crippen LogP contribution < -0.4 is 10.2 Å². The van der Waals surface area contributed by atoms with E-state index in [0.717, 1.165) is 36.7 Å². The van der Waals surface area contributed by atoms with E-state index in [0.29, 0.717) is 17.3 Å². The molecule has 1 N–H and O–H groups in total. The molecule has 2 aliphatic rings. The first-order chi connectivity index (χ1) is 14.7. The maximum absolute atomic E-state index is 13.5. The Morgan fingerprint density at radius 2 is 1.87 bits per heavy atom. The molecule has 3 aromatic rings. The maximum atomic E-state index is 13.5. The largest absolute Gasteiger partial charge is 0.343 e. The average molecular weight is 405 g/mol. The fourth-order valence-corrected chi connectivity index (χ4v) is 3.90. The number of aromatic nitrogens is 3. The normalized spacial score (nSPS) is 16.1. The van der Waals surface area contributed by atoms with Gasteiger partial charge in [-0.1, -0.05) is 6.07 Å². The number of carbonyl (C=O) groups excluding carboxylic acids is 1. The van der Waals surface area contributed by atoms with Crippen molar-refractivity contribution >= 4 is 17.5 Å². The Kier molecular flexibility index (Phi) is 4.94. The summed E-state index contributed by atoms with van der Waals surface area (Å²) in [5, 5.41) is 2.81. The smallest absolute Gasteiger partial charge is 0.272 e. The van der Waals surface area contributed by atoms with Gasteiger partial charge in [-0.2, -0.15) is 0 Å². The van der Waals surface area contributed by atoms with Gasteiger partial charge >= 0.3 is 0 Å². The molecule has 7 heteroatoms. The third-order valence-electron chi connectivity index (χ3n) is 5.72. The van der Waals surface area contributed by atoms with Crippen LogP contribution in [0.1, 0.15) is 36.2 Å². The number of hydrogen-bond acceptors (Lipinski definition) is 4. The van der Waals surface area contributed by atoms with Crippen molar-refractivity contribution in [2.45, 2.75) is 32.2 Å². The zero-order valence-corrected chi connectivity index (χ0v) is 16.7. The fraction of sp³-hybridized carbons (Fsp3) is 0.348. The van der Waals surface area contributed by atoms with E-state index in [9.17, 15) is 9.18 Å². The van der Waals surface area contributed by atoms with Crippen molar-refractivity contribution in [1.29, 1.82) is 0 Å². The SMILES string of the molecule is O=C(Nc1cccc(F)c1)c1cc(-c2cnc(N3CCCC3)nc2)cn1CC1CC1. The topological polar surface area (TPSA) is 63.1 Å². The number of benzene rings is 1. The Morgan fingerprint density at radius 1 is 1.10 bits per heavy atom. The highest BCUT2D eigenvalue weighted by atomic mass is 19.1. The lowest BCUT2D eigenvalue weighted by atomic mass is 10.2. The van der Waals surface area contributed by atoms with Crippen LogP contribution in [0.4, 0.5) is 16.0 Å². The summed E-state index contributed by atoms with van der Waals surface area (Å²) < 4.78 is 15.5. The standard InChI is InChI=1S/C23H24FN5O/c24-19-4-3-5-20(11-19)27-22(30)21-10-17(15-29(21)14-16-6-7-16)18-12-25-23(26-13-18)28-8-1-2-9-28/h3-5,10-13,15-16H,1-2,6-9,14H2,(H,27,30). The van der Waals surface area contributed by atoms with Crippen LogP contribution in [0.25, 0.3) is 11.1 Å². The van der Waals surface area contributed by atoms with Crippen LogP contribution in [0.3, 0.4) is 0 Å². The van der Waals surface area contributed by atoms with E-state index in [1.165, 1.54) is 37.8 Å². The minimum absolute atomic E-state index is 0.248. The monoisotopic (exact) mass is 405 g/mol. The molecule has 5 rings (SSSR count). The molecule has 1 saturated heterocycles. The molecule has 6 nitrogen and oxygen atoms in total. The lowest BCUT2D eigenvalue weighted by Crippen LogP contribution is -2.20. The lowest BCUT2D eigenvalue weighted by Gasteiger charge is -2.14. The minimum atomic E-state index is -0.378. The van der Waals surface area contributed by atoms with E-state index < -0.39 is 0 Å². The minimum Gasteiger partial charge on any atom is -0.343 e. The van der Waals surface area contributed by atoms with E-state index in [4.69, 9.17) is 0 Å². The van der Waals surface area contributed by atoms with Crippen molar-refractivity contribution in [3.63, 3.8) is 0 Å². The molecule has 1 aromatic carbocycles. The summed E-state index contributed by atoms with van der Waals surface area (Å²) in [6, 6.07) is 7.80. The molecule has 0 unspecified atom stereocenters. The summed E-state index contributed by atoms with van der Waals surface area (Å²) in [6.07, 6.45) is 10.4. The number of hydrogen-bond donors (Lipinski definition) is 1. The Hall–Kier alpha value is -3.22. The van der Waals surface area contributed by atoms with Gasteiger partial charge in [0.15, 0.2) is 0 Å². The van der Waals surface area contributed by atoms with Gasteiger partial charge < -0.3 is 14.8 Å². The van der Waals surface area contributed by atoms with E-state index in [1.54, 1.807) is 12.1 Å². The molecule has 2 fully saturated rings. The number of rotatable bonds is 6. The van der Waals surface area contributed by atoms with Gasteiger partial charge in [0.1, 0.15) is 11.5 Å². The molecule has 1 amide bonds. The Morgan fingerprint density at radius 3 is 2.57 bits per heavy atom. The first-order valence-corrected chi connectivity index (χ1v) is 10.5. The molecule has 3 heterocycles. The van der Waals surface area contributed by atoms with Gasteiger partial charge in [0.25, 0.3) is 5.91 Å². The predicted octanol–water partition coefficient (Wildman–Crippen LogP) is 4.35. The Labute approximate surface area is 174 Å². The highest BCUT2D eigenvalue weighted by molar-refractivity contribution is 6.04. The number of amides is 1. The third-order valence-corrected chi connectivity index (χ3v) is 5.72. The van der Waals surface area contributed by atoms with Crippen LogP contribution in [0, 0.1) is 11.7 Å². The van der Waals surface area contributed by atoms with Crippen molar-refractivity contribution in [2.24, 2.45) is 5.92 Å². The summed E-state index contributed by atoms with van der Waals surface area (Å²) >= 11 is 0. The molecule has 154 valence electrons. The van der Waals surface area contributed by atoms with Gasteiger partial charge in [-0.3, -0.25) is 4.79 Å². The highest BCUT2D eigenvalue weighted by Gasteiger charge is 2.25. The van der Waals surface area contributed by atoms with Crippen LogP contribution in [0.5, 0.6) is 0 Å². The molecule has 1 aliphatic heterocycles. The van der Waals surface area contributed by atoms with Gasteiger partial charge in [-0.25, -0.2) is 14.4 Å². The van der Waals surface area contributed by atoms with Crippen LogP contribution in [0.15, 0.2) is 48.9 Å². The van der Waals surface area contributed by atoms with Crippen molar-refractivity contribution in [3.05, 3.63) is 60.4 Å². The second-order valence-corrected chi connectivity index (χ2v) is 8.14. The van der Waals surface area contributed by atoms with Gasteiger partial charge in [-0.15, -0.1) is 0 Å². The number of carbonyl (C=O) groups is 1. The summed E-state index contributed by atoms with van der Waals surface area (Å²) in [5.41, 5.74) is 2.80. The van der Waals surface area contributed by atoms with Gasteiger partial charge in [0.2, 0.25) is 5.95 Å². The second kappa shape index (κ2) is 7.89. The first kappa shape index (κ1) is 18.8. The van der Waals surface area contributed by atoms with Crippen molar-refractivity contribution < 1.29 is 9.18 Å². The van der Waals surface area contributed by atoms with Crippen molar-refractivity contribution in [1.82, 2.24) is 14.5 Å². The third kappa shape index (κ3) is 4.06. The molecule has 0 spiro atoms. The molecular formula is C23H24FN5O. The van der Waals surface area contributed by atoms with Crippen molar-refractivity contribution in [2.75, 3.05) is 23.3 Å². The first-order valence-electron chi connectivity index (χ1n) is 10.5. The zero-order chi connectivity index (χ0) is 20.5. The van der Waals surface area contributed by atoms with Crippen LogP contribution >= 0.6 is 0 Å². The highest BCUT2D eigenvalue weighted by Crippen LogP contribution is 2.33. The molecule has 2 aromatic heterocycles. The molecule has 1 saturated carbocycles. The summed E-state index contributed by atoms with van der Waals surface area (Å²) in [5.74, 6) is 0.747. The van der Waals surface area contributed by atoms with E-state index in [2.05, 4.69) is 20.2 Å². The molecule has 0 bridgehead atoms.